The Morgan fingerprint density at radius 1 is 1.35 bits per heavy atom. The van der Waals surface area contributed by atoms with Gasteiger partial charge in [0.1, 0.15) is 11.3 Å². The smallest absolute Gasteiger partial charge is 0.191 e. The molecule has 0 radical (unpaired) electrons. The average molecular weight is 273 g/mol. The summed E-state index contributed by atoms with van der Waals surface area (Å²) in [7, 11) is 1.79. The molecule has 0 aliphatic carbocycles. The fraction of sp³-hybridized carbons (Fsp3) is 0.438. The standard InChI is InChI=1S/C16H23N3O/c1-4-12(2)19-16(17-3)18-10-9-14-11-13-7-5-6-8-15(13)20-14/h5-8,11-12H,4,9-10H2,1-3H3,(H2,17,18,19). The van der Waals surface area contributed by atoms with Gasteiger partial charge < -0.3 is 15.1 Å². The molecule has 0 saturated carbocycles. The molecule has 0 aliphatic rings. The molecule has 2 N–H and O–H groups in total. The Morgan fingerprint density at radius 2 is 2.15 bits per heavy atom. The highest BCUT2D eigenvalue weighted by Crippen LogP contribution is 2.18. The molecule has 4 nitrogen and oxygen atoms in total. The number of benzene rings is 1. The van der Waals surface area contributed by atoms with E-state index in [9.17, 15) is 0 Å². The Kier molecular flexibility index (Phi) is 5.04. The highest BCUT2D eigenvalue weighted by atomic mass is 16.3. The molecule has 4 heteroatoms. The maximum Gasteiger partial charge on any atom is 0.191 e. The summed E-state index contributed by atoms with van der Waals surface area (Å²) in [6.45, 7) is 5.10. The number of guanidine groups is 1. The summed E-state index contributed by atoms with van der Waals surface area (Å²) in [5, 5.41) is 7.80. The van der Waals surface area contributed by atoms with Crippen LogP contribution < -0.4 is 10.6 Å². The lowest BCUT2D eigenvalue weighted by molar-refractivity contribution is 0.543. The van der Waals surface area contributed by atoms with Crippen LogP contribution in [0.3, 0.4) is 0 Å². The molecule has 2 aromatic rings. The zero-order valence-electron chi connectivity index (χ0n) is 12.4. The zero-order chi connectivity index (χ0) is 14.4. The second kappa shape index (κ2) is 6.98. The largest absolute Gasteiger partial charge is 0.461 e. The number of para-hydroxylation sites is 1. The maximum atomic E-state index is 5.79. The summed E-state index contributed by atoms with van der Waals surface area (Å²) in [5.74, 6) is 1.84. The lowest BCUT2D eigenvalue weighted by Gasteiger charge is -2.15. The van der Waals surface area contributed by atoms with Gasteiger partial charge in [-0.25, -0.2) is 0 Å². The van der Waals surface area contributed by atoms with Gasteiger partial charge in [0.2, 0.25) is 0 Å². The Morgan fingerprint density at radius 3 is 2.85 bits per heavy atom. The molecule has 0 spiro atoms. The van der Waals surface area contributed by atoms with Crippen molar-refractivity contribution < 1.29 is 4.42 Å². The maximum absolute atomic E-state index is 5.79. The molecular formula is C16H23N3O. The monoisotopic (exact) mass is 273 g/mol. The average Bonchev–Trinajstić information content (AvgIpc) is 2.88. The Balaban J connectivity index is 1.85. The van der Waals surface area contributed by atoms with Crippen LogP contribution in [0.25, 0.3) is 11.0 Å². The van der Waals surface area contributed by atoms with Crippen molar-refractivity contribution in [1.82, 2.24) is 10.6 Å². The Bertz CT molecular complexity index is 541. The molecule has 1 unspecified atom stereocenters. The lowest BCUT2D eigenvalue weighted by atomic mass is 10.2. The van der Waals surface area contributed by atoms with Gasteiger partial charge in [0.25, 0.3) is 0 Å². The summed E-state index contributed by atoms with van der Waals surface area (Å²) in [6, 6.07) is 10.6. The zero-order valence-corrected chi connectivity index (χ0v) is 12.4. The molecule has 1 aromatic heterocycles. The van der Waals surface area contributed by atoms with Crippen LogP contribution in [0.15, 0.2) is 39.7 Å². The predicted octanol–water partition coefficient (Wildman–Crippen LogP) is 2.94. The highest BCUT2D eigenvalue weighted by molar-refractivity contribution is 5.80. The first-order valence-corrected chi connectivity index (χ1v) is 7.17. The van der Waals surface area contributed by atoms with Crippen molar-refractivity contribution in [3.63, 3.8) is 0 Å². The van der Waals surface area contributed by atoms with Crippen molar-refractivity contribution in [2.45, 2.75) is 32.7 Å². The van der Waals surface area contributed by atoms with E-state index in [0.29, 0.717) is 6.04 Å². The number of nitrogens with zero attached hydrogens (tertiary/aromatic N) is 1. The number of hydrogen-bond donors (Lipinski definition) is 2. The van der Waals surface area contributed by atoms with Gasteiger partial charge in [-0.3, -0.25) is 4.99 Å². The van der Waals surface area contributed by atoms with E-state index in [0.717, 1.165) is 42.1 Å². The topological polar surface area (TPSA) is 49.6 Å². The van der Waals surface area contributed by atoms with Crippen LogP contribution in [0.4, 0.5) is 0 Å². The van der Waals surface area contributed by atoms with Crippen LogP contribution in [0, 0.1) is 0 Å². The summed E-state index contributed by atoms with van der Waals surface area (Å²) >= 11 is 0. The van der Waals surface area contributed by atoms with Crippen LogP contribution in [0.1, 0.15) is 26.0 Å². The second-order valence-electron chi connectivity index (χ2n) is 4.95. The molecule has 0 fully saturated rings. The number of furan rings is 1. The minimum absolute atomic E-state index is 0.424. The third kappa shape index (κ3) is 3.76. The van der Waals surface area contributed by atoms with Gasteiger partial charge in [-0.05, 0) is 25.5 Å². The first-order chi connectivity index (χ1) is 9.72. The van der Waals surface area contributed by atoms with Gasteiger partial charge in [0, 0.05) is 31.4 Å². The van der Waals surface area contributed by atoms with Gasteiger partial charge in [-0.2, -0.15) is 0 Å². The van der Waals surface area contributed by atoms with E-state index in [1.807, 2.05) is 18.2 Å². The summed E-state index contributed by atoms with van der Waals surface area (Å²) < 4.78 is 5.79. The van der Waals surface area contributed by atoms with E-state index in [1.165, 1.54) is 0 Å². The molecule has 0 saturated heterocycles. The number of rotatable bonds is 5. The van der Waals surface area contributed by atoms with Crippen molar-refractivity contribution in [2.75, 3.05) is 13.6 Å². The van der Waals surface area contributed by atoms with Crippen LogP contribution in [-0.4, -0.2) is 25.6 Å². The van der Waals surface area contributed by atoms with Gasteiger partial charge in [-0.15, -0.1) is 0 Å². The van der Waals surface area contributed by atoms with E-state index in [2.05, 4.69) is 41.6 Å². The minimum atomic E-state index is 0.424. The molecule has 20 heavy (non-hydrogen) atoms. The molecule has 108 valence electrons. The van der Waals surface area contributed by atoms with E-state index >= 15 is 0 Å². The molecular weight excluding hydrogens is 250 g/mol. The normalized spacial score (nSPS) is 13.4. The number of nitrogens with one attached hydrogen (secondary N) is 2. The van der Waals surface area contributed by atoms with Crippen molar-refractivity contribution in [3.8, 4) is 0 Å². The van der Waals surface area contributed by atoms with Crippen LogP contribution in [0.5, 0.6) is 0 Å². The fourth-order valence-corrected chi connectivity index (χ4v) is 1.99. The minimum Gasteiger partial charge on any atom is -0.461 e. The number of hydrogen-bond acceptors (Lipinski definition) is 2. The molecule has 2 rings (SSSR count). The molecule has 1 aromatic carbocycles. The van der Waals surface area contributed by atoms with Gasteiger partial charge in [-0.1, -0.05) is 25.1 Å². The summed E-state index contributed by atoms with van der Waals surface area (Å²) in [5.41, 5.74) is 0.949. The Hall–Kier alpha value is -1.97. The van der Waals surface area contributed by atoms with Crippen molar-refractivity contribution in [3.05, 3.63) is 36.1 Å². The van der Waals surface area contributed by atoms with E-state index < -0.39 is 0 Å². The predicted molar refractivity (Wildman–Crippen MR) is 84.2 cm³/mol. The molecule has 1 atom stereocenters. The SMILES string of the molecule is CCC(C)NC(=NC)NCCc1cc2ccccc2o1. The van der Waals surface area contributed by atoms with Crippen molar-refractivity contribution in [2.24, 2.45) is 4.99 Å². The molecule has 0 aliphatic heterocycles. The summed E-state index contributed by atoms with van der Waals surface area (Å²) in [6.07, 6.45) is 1.92. The summed E-state index contributed by atoms with van der Waals surface area (Å²) in [4.78, 5) is 4.21. The van der Waals surface area contributed by atoms with Gasteiger partial charge in [0.05, 0.1) is 0 Å². The third-order valence-electron chi connectivity index (χ3n) is 3.36. The van der Waals surface area contributed by atoms with Gasteiger partial charge in [0.15, 0.2) is 5.96 Å². The van der Waals surface area contributed by atoms with E-state index in [4.69, 9.17) is 4.42 Å². The first kappa shape index (κ1) is 14.4. The number of fused-ring (bicyclic) bond motifs is 1. The fourth-order valence-electron chi connectivity index (χ4n) is 1.99. The third-order valence-corrected chi connectivity index (χ3v) is 3.36. The quantitative estimate of drug-likeness (QED) is 0.650. The van der Waals surface area contributed by atoms with Crippen LogP contribution in [-0.2, 0) is 6.42 Å². The lowest BCUT2D eigenvalue weighted by Crippen LogP contribution is -2.42. The molecule has 1 heterocycles. The number of aliphatic imine (C=N–C) groups is 1. The van der Waals surface area contributed by atoms with Crippen molar-refractivity contribution >= 4 is 16.9 Å². The second-order valence-corrected chi connectivity index (χ2v) is 4.95. The highest BCUT2D eigenvalue weighted by Gasteiger charge is 2.05. The van der Waals surface area contributed by atoms with Crippen LogP contribution in [0.2, 0.25) is 0 Å². The Labute approximate surface area is 120 Å². The van der Waals surface area contributed by atoms with E-state index in [-0.39, 0.29) is 0 Å². The van der Waals surface area contributed by atoms with Crippen LogP contribution >= 0.6 is 0 Å². The molecule has 0 bridgehead atoms. The molecule has 0 amide bonds. The van der Waals surface area contributed by atoms with Gasteiger partial charge >= 0.3 is 0 Å². The first-order valence-electron chi connectivity index (χ1n) is 7.17. The van der Waals surface area contributed by atoms with Crippen molar-refractivity contribution in [1.29, 1.82) is 0 Å². The van der Waals surface area contributed by atoms with E-state index in [1.54, 1.807) is 7.05 Å².